The van der Waals surface area contributed by atoms with Crippen LogP contribution in [0.3, 0.4) is 0 Å². The second kappa shape index (κ2) is 9.38. The van der Waals surface area contributed by atoms with E-state index in [-0.39, 0.29) is 18.0 Å². The maximum absolute atomic E-state index is 12.4. The van der Waals surface area contributed by atoms with Crippen LogP contribution in [0.4, 0.5) is 4.79 Å². The smallest absolute Gasteiger partial charge is 0.338 e. The number of likely N-dealkylation sites (N-methyl/N-ethyl adjacent to an activating group) is 1. The topological polar surface area (TPSA) is 71.9 Å². The minimum absolute atomic E-state index is 0.264. The summed E-state index contributed by atoms with van der Waals surface area (Å²) in [6.07, 6.45) is 1.67. The van der Waals surface area contributed by atoms with Crippen molar-refractivity contribution in [2.75, 3.05) is 20.2 Å². The number of nitrogens with one attached hydrogen (secondary N) is 3. The van der Waals surface area contributed by atoms with Crippen LogP contribution in [0, 0.1) is 0 Å². The van der Waals surface area contributed by atoms with E-state index in [9.17, 15) is 9.59 Å². The van der Waals surface area contributed by atoms with Gasteiger partial charge in [0, 0.05) is 5.56 Å². The molecule has 1 aromatic rings. The van der Waals surface area contributed by atoms with Crippen molar-refractivity contribution in [3.63, 3.8) is 0 Å². The molecule has 1 aromatic carbocycles. The zero-order chi connectivity index (χ0) is 19.1. The average molecular weight is 360 g/mol. The van der Waals surface area contributed by atoms with E-state index < -0.39 is 0 Å². The second-order valence-electron chi connectivity index (χ2n) is 6.65. The van der Waals surface area contributed by atoms with Gasteiger partial charge in [0.15, 0.2) is 0 Å². The standard InChI is InChI=1S/C20H29N3O3/c1-5-14-8-10-15(11-9-14)12-23(4)13-17-18(19(24)26-7-3)16(6-2)21-20(25)22-17/h8-11,16H,5-7,12-13H2,1-4H3,(H2,21,22,25)/p+1/t16-/m0/s1. The fraction of sp³-hybridized carbons (Fsp3) is 0.500. The molecular weight excluding hydrogens is 330 g/mol. The third-order valence-corrected chi connectivity index (χ3v) is 4.56. The number of carbonyl (C=O) groups is 2. The third kappa shape index (κ3) is 5.08. The molecule has 3 N–H and O–H groups in total. The van der Waals surface area contributed by atoms with E-state index in [0.717, 1.165) is 13.0 Å². The van der Waals surface area contributed by atoms with Crippen LogP contribution in [0.2, 0.25) is 0 Å². The number of quaternary nitrogens is 1. The molecule has 0 bridgehead atoms. The summed E-state index contributed by atoms with van der Waals surface area (Å²) in [4.78, 5) is 25.6. The van der Waals surface area contributed by atoms with Crippen LogP contribution >= 0.6 is 0 Å². The number of rotatable bonds is 8. The number of aryl methyl sites for hydroxylation is 1. The van der Waals surface area contributed by atoms with Gasteiger partial charge in [-0.15, -0.1) is 0 Å². The molecule has 0 aliphatic carbocycles. The first-order valence-corrected chi connectivity index (χ1v) is 9.35. The third-order valence-electron chi connectivity index (χ3n) is 4.56. The number of hydrogen-bond acceptors (Lipinski definition) is 3. The molecule has 0 fully saturated rings. The minimum Gasteiger partial charge on any atom is -0.463 e. The predicted molar refractivity (Wildman–Crippen MR) is 101 cm³/mol. The summed E-state index contributed by atoms with van der Waals surface area (Å²) in [5.74, 6) is -0.359. The van der Waals surface area contributed by atoms with Crippen molar-refractivity contribution in [3.8, 4) is 0 Å². The van der Waals surface area contributed by atoms with Gasteiger partial charge in [-0.05, 0) is 25.3 Å². The summed E-state index contributed by atoms with van der Waals surface area (Å²) in [7, 11) is 2.05. The Balaban J connectivity index is 2.17. The van der Waals surface area contributed by atoms with Gasteiger partial charge in [-0.2, -0.15) is 0 Å². The molecule has 0 radical (unpaired) electrons. The largest absolute Gasteiger partial charge is 0.463 e. The summed E-state index contributed by atoms with van der Waals surface area (Å²) >= 11 is 0. The van der Waals surface area contributed by atoms with Crippen molar-refractivity contribution in [2.24, 2.45) is 0 Å². The highest BCUT2D eigenvalue weighted by molar-refractivity contribution is 5.94. The molecule has 0 saturated carbocycles. The lowest BCUT2D eigenvalue weighted by Gasteiger charge is -2.29. The van der Waals surface area contributed by atoms with Crippen LogP contribution in [0.25, 0.3) is 0 Å². The first-order valence-electron chi connectivity index (χ1n) is 9.35. The Morgan fingerprint density at radius 2 is 1.77 bits per heavy atom. The molecule has 0 spiro atoms. The van der Waals surface area contributed by atoms with E-state index >= 15 is 0 Å². The molecule has 2 rings (SSSR count). The van der Waals surface area contributed by atoms with Gasteiger partial charge in [0.1, 0.15) is 13.1 Å². The summed E-state index contributed by atoms with van der Waals surface area (Å²) in [5, 5.41) is 5.62. The molecule has 1 aliphatic heterocycles. The van der Waals surface area contributed by atoms with E-state index in [0.29, 0.717) is 30.8 Å². The Bertz CT molecular complexity index is 667. The number of esters is 1. The zero-order valence-corrected chi connectivity index (χ0v) is 16.1. The first-order chi connectivity index (χ1) is 12.5. The fourth-order valence-corrected chi connectivity index (χ4v) is 3.21. The van der Waals surface area contributed by atoms with E-state index in [1.54, 1.807) is 6.92 Å². The maximum atomic E-state index is 12.4. The second-order valence-corrected chi connectivity index (χ2v) is 6.65. The van der Waals surface area contributed by atoms with Crippen molar-refractivity contribution in [1.29, 1.82) is 0 Å². The van der Waals surface area contributed by atoms with Gasteiger partial charge in [-0.3, -0.25) is 0 Å². The summed E-state index contributed by atoms with van der Waals surface area (Å²) in [6.45, 7) is 7.54. The van der Waals surface area contributed by atoms with E-state index in [1.807, 2.05) is 6.92 Å². The van der Waals surface area contributed by atoms with Crippen LogP contribution in [0.1, 0.15) is 38.3 Å². The van der Waals surface area contributed by atoms with Crippen molar-refractivity contribution < 1.29 is 19.2 Å². The molecule has 2 amide bonds. The monoisotopic (exact) mass is 360 g/mol. The lowest BCUT2D eigenvalue weighted by molar-refractivity contribution is -0.889. The normalized spacial score (nSPS) is 18.2. The number of ether oxygens (including phenoxy) is 1. The molecule has 6 nitrogen and oxygen atoms in total. The highest BCUT2D eigenvalue weighted by atomic mass is 16.5. The van der Waals surface area contributed by atoms with Gasteiger partial charge >= 0.3 is 12.0 Å². The van der Waals surface area contributed by atoms with Crippen molar-refractivity contribution in [1.82, 2.24) is 10.6 Å². The van der Waals surface area contributed by atoms with Gasteiger partial charge in [0.2, 0.25) is 0 Å². The van der Waals surface area contributed by atoms with Crippen LogP contribution in [-0.2, 0) is 22.5 Å². The molecule has 2 atom stereocenters. The van der Waals surface area contributed by atoms with Crippen molar-refractivity contribution >= 4 is 12.0 Å². The molecule has 1 heterocycles. The SMILES string of the molecule is CCOC(=O)C1=C(C[NH+](C)Cc2ccc(CC)cc2)NC(=O)N[C@H]1CC. The van der Waals surface area contributed by atoms with E-state index in [4.69, 9.17) is 4.74 Å². The molecule has 6 heteroatoms. The van der Waals surface area contributed by atoms with E-state index in [2.05, 4.69) is 48.9 Å². The lowest BCUT2D eigenvalue weighted by atomic mass is 10.00. The predicted octanol–water partition coefficient (Wildman–Crippen LogP) is 1.17. The quantitative estimate of drug-likeness (QED) is 0.610. The van der Waals surface area contributed by atoms with E-state index in [1.165, 1.54) is 16.0 Å². The first kappa shape index (κ1) is 20.0. The fourth-order valence-electron chi connectivity index (χ4n) is 3.21. The van der Waals surface area contributed by atoms with Crippen LogP contribution < -0.4 is 15.5 Å². The van der Waals surface area contributed by atoms with Gasteiger partial charge < -0.3 is 20.3 Å². The Kier molecular flexibility index (Phi) is 7.21. The van der Waals surface area contributed by atoms with Crippen LogP contribution in [0.15, 0.2) is 35.5 Å². The number of hydrogen-bond donors (Lipinski definition) is 3. The Labute approximate surface area is 155 Å². The lowest BCUT2D eigenvalue weighted by Crippen LogP contribution is -3.08. The highest BCUT2D eigenvalue weighted by Gasteiger charge is 2.32. The Hall–Kier alpha value is -2.34. The summed E-state index contributed by atoms with van der Waals surface area (Å²) in [6, 6.07) is 7.99. The number of urea groups is 1. The Morgan fingerprint density at radius 3 is 2.35 bits per heavy atom. The summed E-state index contributed by atoms with van der Waals surface area (Å²) in [5.41, 5.74) is 3.73. The molecule has 1 aliphatic rings. The van der Waals surface area contributed by atoms with Gasteiger partial charge in [-0.1, -0.05) is 38.1 Å². The molecule has 1 unspecified atom stereocenters. The average Bonchev–Trinajstić information content (AvgIpc) is 2.61. The number of carbonyl (C=O) groups excluding carboxylic acids is 2. The zero-order valence-electron chi connectivity index (χ0n) is 16.1. The van der Waals surface area contributed by atoms with Crippen LogP contribution in [0.5, 0.6) is 0 Å². The van der Waals surface area contributed by atoms with Gasteiger partial charge in [0.25, 0.3) is 0 Å². The maximum Gasteiger partial charge on any atom is 0.338 e. The van der Waals surface area contributed by atoms with Crippen molar-refractivity contribution in [2.45, 2.75) is 46.2 Å². The molecule has 0 saturated heterocycles. The van der Waals surface area contributed by atoms with Crippen LogP contribution in [-0.4, -0.2) is 38.2 Å². The Morgan fingerprint density at radius 1 is 1.12 bits per heavy atom. The van der Waals surface area contributed by atoms with Crippen molar-refractivity contribution in [3.05, 3.63) is 46.7 Å². The molecule has 142 valence electrons. The number of benzene rings is 1. The molecular formula is C20H30N3O3+. The highest BCUT2D eigenvalue weighted by Crippen LogP contribution is 2.16. The van der Waals surface area contributed by atoms with Gasteiger partial charge in [0.05, 0.1) is 31.0 Å². The molecule has 0 aromatic heterocycles. The number of amides is 2. The molecule has 26 heavy (non-hydrogen) atoms. The van der Waals surface area contributed by atoms with Gasteiger partial charge in [-0.25, -0.2) is 9.59 Å². The summed E-state index contributed by atoms with van der Waals surface area (Å²) < 4.78 is 5.21. The minimum atomic E-state index is -0.359.